The fourth-order valence-corrected chi connectivity index (χ4v) is 0.349. The predicted molar refractivity (Wildman–Crippen MR) is 27.0 cm³/mol. The minimum atomic E-state index is -0.713. The highest BCUT2D eigenvalue weighted by Crippen LogP contribution is 1.87. The topological polar surface area (TPSA) is 37.3 Å². The average molecular weight is 106 g/mol. The standard InChI is InChI=1S/C3H7O2P/c4-2-1-3-6-5/h1-2,4H,3,6H2. The van der Waals surface area contributed by atoms with Gasteiger partial charge >= 0.3 is 0 Å². The molecule has 0 aromatic carbocycles. The van der Waals surface area contributed by atoms with E-state index in [0.717, 1.165) is 6.26 Å². The Morgan fingerprint density at radius 1 is 1.83 bits per heavy atom. The smallest absolute Gasteiger partial charge is 0.0756 e. The molecule has 0 radical (unpaired) electrons. The van der Waals surface area contributed by atoms with E-state index in [-0.39, 0.29) is 0 Å². The van der Waals surface area contributed by atoms with Crippen LogP contribution in [0.4, 0.5) is 0 Å². The van der Waals surface area contributed by atoms with E-state index < -0.39 is 8.46 Å². The Labute approximate surface area is 37.7 Å². The van der Waals surface area contributed by atoms with Crippen molar-refractivity contribution >= 4 is 8.46 Å². The van der Waals surface area contributed by atoms with Gasteiger partial charge in [0, 0.05) is 6.16 Å². The highest BCUT2D eigenvalue weighted by molar-refractivity contribution is 7.23. The van der Waals surface area contributed by atoms with E-state index >= 15 is 0 Å². The monoisotopic (exact) mass is 106 g/mol. The lowest BCUT2D eigenvalue weighted by Crippen LogP contribution is -1.55. The molecule has 0 saturated heterocycles. The molecule has 0 spiro atoms. The van der Waals surface area contributed by atoms with Crippen LogP contribution in [0.3, 0.4) is 0 Å². The highest BCUT2D eigenvalue weighted by atomic mass is 31.1. The van der Waals surface area contributed by atoms with Crippen LogP contribution in [0, 0.1) is 0 Å². The Kier molecular flexibility index (Phi) is 4.59. The van der Waals surface area contributed by atoms with Gasteiger partial charge in [0.1, 0.15) is 0 Å². The maximum absolute atomic E-state index is 9.61. The summed E-state index contributed by atoms with van der Waals surface area (Å²) in [6, 6.07) is 0. The molecular formula is C3H7O2P. The van der Waals surface area contributed by atoms with E-state index in [2.05, 4.69) is 0 Å². The molecule has 0 aliphatic carbocycles. The Balaban J connectivity index is 2.85. The summed E-state index contributed by atoms with van der Waals surface area (Å²) in [7, 11) is -0.713. The molecule has 0 aromatic rings. The van der Waals surface area contributed by atoms with Crippen LogP contribution >= 0.6 is 8.46 Å². The van der Waals surface area contributed by atoms with Crippen LogP contribution in [0.1, 0.15) is 0 Å². The summed E-state index contributed by atoms with van der Waals surface area (Å²) < 4.78 is 9.61. The molecule has 0 saturated carbocycles. The summed E-state index contributed by atoms with van der Waals surface area (Å²) in [5.74, 6) is 0. The van der Waals surface area contributed by atoms with Gasteiger partial charge in [0.2, 0.25) is 0 Å². The molecule has 2 nitrogen and oxygen atoms in total. The molecule has 1 N–H and O–H groups in total. The van der Waals surface area contributed by atoms with Crippen LogP contribution < -0.4 is 0 Å². The minimum Gasteiger partial charge on any atom is -0.516 e. The maximum atomic E-state index is 9.61. The van der Waals surface area contributed by atoms with Crippen LogP contribution in [0.2, 0.25) is 0 Å². The number of aliphatic hydroxyl groups is 1. The average Bonchev–Trinajstić information content (AvgIpc) is 1.61. The van der Waals surface area contributed by atoms with Gasteiger partial charge in [-0.15, -0.1) is 0 Å². The second kappa shape index (κ2) is 4.77. The SMILES string of the molecule is O=[PH2]CC=CO. The fraction of sp³-hybridized carbons (Fsp3) is 0.333. The van der Waals surface area contributed by atoms with Gasteiger partial charge in [-0.05, 0) is 6.08 Å². The fourth-order valence-electron chi connectivity index (χ4n) is 0.116. The van der Waals surface area contributed by atoms with Gasteiger partial charge in [0.15, 0.2) is 0 Å². The van der Waals surface area contributed by atoms with Crippen molar-refractivity contribution in [1.29, 1.82) is 0 Å². The molecular weight excluding hydrogens is 99.0 g/mol. The third-order valence-electron chi connectivity index (χ3n) is 0.338. The van der Waals surface area contributed by atoms with Gasteiger partial charge in [0.25, 0.3) is 0 Å². The lowest BCUT2D eigenvalue weighted by molar-refractivity contribution is 0.472. The molecule has 0 heterocycles. The normalized spacial score (nSPS) is 12.0. The molecule has 6 heavy (non-hydrogen) atoms. The summed E-state index contributed by atoms with van der Waals surface area (Å²) in [4.78, 5) is 0. The van der Waals surface area contributed by atoms with Gasteiger partial charge in [-0.25, -0.2) is 0 Å². The Morgan fingerprint density at radius 3 is 2.67 bits per heavy atom. The number of aliphatic hydroxyl groups excluding tert-OH is 1. The van der Waals surface area contributed by atoms with Crippen molar-refractivity contribution in [3.63, 3.8) is 0 Å². The molecule has 3 heteroatoms. The second-order valence-electron chi connectivity index (χ2n) is 0.787. The van der Waals surface area contributed by atoms with E-state index in [0.29, 0.717) is 6.16 Å². The summed E-state index contributed by atoms with van der Waals surface area (Å²) in [6.07, 6.45) is 2.88. The molecule has 0 fully saturated rings. The maximum Gasteiger partial charge on any atom is 0.0756 e. The molecule has 0 amide bonds. The van der Waals surface area contributed by atoms with Gasteiger partial charge < -0.3 is 9.67 Å². The zero-order valence-corrected chi connectivity index (χ0v) is 4.45. The molecule has 0 rings (SSSR count). The van der Waals surface area contributed by atoms with E-state index in [1.807, 2.05) is 0 Å². The molecule has 0 aromatic heterocycles. The summed E-state index contributed by atoms with van der Waals surface area (Å²) >= 11 is 0. The van der Waals surface area contributed by atoms with Crippen molar-refractivity contribution in [3.05, 3.63) is 12.3 Å². The summed E-state index contributed by atoms with van der Waals surface area (Å²) in [5.41, 5.74) is 0. The zero-order chi connectivity index (χ0) is 4.83. The zero-order valence-electron chi connectivity index (χ0n) is 3.29. The third kappa shape index (κ3) is 3.77. The van der Waals surface area contributed by atoms with Gasteiger partial charge in [-0.3, -0.25) is 0 Å². The van der Waals surface area contributed by atoms with Crippen molar-refractivity contribution in [3.8, 4) is 0 Å². The van der Waals surface area contributed by atoms with Gasteiger partial charge in [-0.2, -0.15) is 0 Å². The molecule has 1 atom stereocenters. The Bertz CT molecular complexity index is 59.8. The van der Waals surface area contributed by atoms with E-state index in [1.54, 1.807) is 0 Å². The van der Waals surface area contributed by atoms with E-state index in [1.165, 1.54) is 6.08 Å². The quantitative estimate of drug-likeness (QED) is 0.418. The van der Waals surface area contributed by atoms with Crippen molar-refractivity contribution in [1.82, 2.24) is 0 Å². The van der Waals surface area contributed by atoms with Crippen molar-refractivity contribution in [2.24, 2.45) is 0 Å². The van der Waals surface area contributed by atoms with Crippen LogP contribution in [0.25, 0.3) is 0 Å². The van der Waals surface area contributed by atoms with Crippen molar-refractivity contribution < 1.29 is 9.67 Å². The first-order chi connectivity index (χ1) is 2.91. The highest BCUT2D eigenvalue weighted by Gasteiger charge is 1.62. The molecule has 0 aliphatic rings. The number of hydrogen-bond acceptors (Lipinski definition) is 2. The first-order valence-corrected chi connectivity index (χ1v) is 2.93. The van der Waals surface area contributed by atoms with Crippen LogP contribution in [-0.2, 0) is 4.57 Å². The second-order valence-corrected chi connectivity index (χ2v) is 1.59. The molecule has 36 valence electrons. The first kappa shape index (κ1) is 5.77. The predicted octanol–water partition coefficient (Wildman–Crippen LogP) is 0.814. The largest absolute Gasteiger partial charge is 0.516 e. The first-order valence-electron chi connectivity index (χ1n) is 1.64. The third-order valence-corrected chi connectivity index (χ3v) is 0.802. The van der Waals surface area contributed by atoms with Gasteiger partial charge in [-0.1, -0.05) is 0 Å². The number of allylic oxidation sites excluding steroid dienone is 1. The van der Waals surface area contributed by atoms with Gasteiger partial charge in [0.05, 0.1) is 14.7 Å². The lowest BCUT2D eigenvalue weighted by Gasteiger charge is -1.67. The summed E-state index contributed by atoms with van der Waals surface area (Å²) in [5, 5.41) is 7.89. The minimum absolute atomic E-state index is 0.510. The molecule has 0 bridgehead atoms. The number of hydrogen-bond donors (Lipinski definition) is 1. The molecule has 1 unspecified atom stereocenters. The van der Waals surface area contributed by atoms with Crippen molar-refractivity contribution in [2.45, 2.75) is 0 Å². The molecule has 0 aliphatic heterocycles. The Hall–Kier alpha value is -0.230. The van der Waals surface area contributed by atoms with E-state index in [4.69, 9.17) is 5.11 Å². The Morgan fingerprint density at radius 2 is 2.50 bits per heavy atom. The van der Waals surface area contributed by atoms with Crippen molar-refractivity contribution in [2.75, 3.05) is 6.16 Å². The van der Waals surface area contributed by atoms with E-state index in [9.17, 15) is 4.57 Å². The van der Waals surface area contributed by atoms with Crippen LogP contribution in [0.15, 0.2) is 12.3 Å². The lowest BCUT2D eigenvalue weighted by atomic mass is 10.7. The van der Waals surface area contributed by atoms with Crippen LogP contribution in [-0.4, -0.2) is 11.3 Å². The van der Waals surface area contributed by atoms with Crippen LogP contribution in [0.5, 0.6) is 0 Å². The summed E-state index contributed by atoms with van der Waals surface area (Å²) in [6.45, 7) is 0. The number of rotatable bonds is 2.